The Kier molecular flexibility index (Phi) is 8.88. The van der Waals surface area contributed by atoms with Gasteiger partial charge >= 0.3 is 5.63 Å². The van der Waals surface area contributed by atoms with E-state index in [9.17, 15) is 14.7 Å². The molecule has 0 atom stereocenters. The van der Waals surface area contributed by atoms with Crippen molar-refractivity contribution in [1.82, 2.24) is 4.90 Å². The van der Waals surface area contributed by atoms with Crippen LogP contribution < -0.4 is 20.4 Å². The molecule has 2 heterocycles. The number of methoxy groups -OCH3 is 1. The van der Waals surface area contributed by atoms with Crippen molar-refractivity contribution in [3.05, 3.63) is 82.2 Å². The molecule has 1 aliphatic rings. The molecule has 0 saturated carbocycles. The first kappa shape index (κ1) is 27.7. The molecule has 0 amide bonds. The number of carbonyl (C=O) groups excluding carboxylic acids is 1. The van der Waals surface area contributed by atoms with E-state index < -0.39 is 0 Å². The van der Waals surface area contributed by atoms with Crippen molar-refractivity contribution < 1.29 is 23.8 Å². The predicted octanol–water partition coefficient (Wildman–Crippen LogP) is 5.50. The van der Waals surface area contributed by atoms with Crippen LogP contribution in [0.15, 0.2) is 69.9 Å². The van der Waals surface area contributed by atoms with Gasteiger partial charge in [-0.15, -0.1) is 0 Å². The smallest absolute Gasteiger partial charge is 0.359 e. The highest BCUT2D eigenvalue weighted by atomic mass is 16.5. The summed E-state index contributed by atoms with van der Waals surface area (Å²) < 4.78 is 16.7. The highest BCUT2D eigenvalue weighted by molar-refractivity contribution is 5.84. The Morgan fingerprint density at radius 1 is 1.08 bits per heavy atom. The summed E-state index contributed by atoms with van der Waals surface area (Å²) in [4.78, 5) is 24.9. The molecule has 1 aromatic heterocycles. The SMILES string of the molecule is CNc1cc2ccc(OC3CCN(C)CC3)c(C)c2oc1=O.COc1cccc(-c2cc(C=O)ccc2O)c1. The number of hydrogen-bond acceptors (Lipinski definition) is 8. The third-order valence-corrected chi connectivity index (χ3v) is 6.87. The van der Waals surface area contributed by atoms with E-state index in [1.165, 1.54) is 6.07 Å². The number of piperidine rings is 1. The van der Waals surface area contributed by atoms with E-state index in [-0.39, 0.29) is 17.5 Å². The summed E-state index contributed by atoms with van der Waals surface area (Å²) in [5.74, 6) is 1.66. The fraction of sp³-hybridized carbons (Fsp3) is 0.290. The third-order valence-electron chi connectivity index (χ3n) is 6.87. The van der Waals surface area contributed by atoms with E-state index in [1.807, 2.05) is 49.4 Å². The average molecular weight is 531 g/mol. The van der Waals surface area contributed by atoms with Gasteiger partial charge in [-0.3, -0.25) is 4.79 Å². The number of carbonyl (C=O) groups is 1. The van der Waals surface area contributed by atoms with Gasteiger partial charge in [0.15, 0.2) is 0 Å². The lowest BCUT2D eigenvalue weighted by Gasteiger charge is -2.29. The monoisotopic (exact) mass is 530 g/mol. The summed E-state index contributed by atoms with van der Waals surface area (Å²) in [6.45, 7) is 4.05. The van der Waals surface area contributed by atoms with Crippen molar-refractivity contribution in [2.24, 2.45) is 0 Å². The van der Waals surface area contributed by atoms with Crippen LogP contribution in [0.5, 0.6) is 17.2 Å². The maximum atomic E-state index is 11.9. The van der Waals surface area contributed by atoms with Crippen molar-refractivity contribution >= 4 is 22.9 Å². The van der Waals surface area contributed by atoms with E-state index in [4.69, 9.17) is 13.9 Å². The van der Waals surface area contributed by atoms with Crippen LogP contribution in [-0.2, 0) is 0 Å². The summed E-state index contributed by atoms with van der Waals surface area (Å²) in [6, 6.07) is 17.8. The minimum atomic E-state index is -0.352. The first-order valence-electron chi connectivity index (χ1n) is 12.9. The lowest BCUT2D eigenvalue weighted by atomic mass is 10.0. The molecule has 39 heavy (non-hydrogen) atoms. The first-order valence-corrected chi connectivity index (χ1v) is 12.9. The fourth-order valence-electron chi connectivity index (χ4n) is 4.54. The lowest BCUT2D eigenvalue weighted by Crippen LogP contribution is -2.35. The molecule has 4 aromatic rings. The number of nitrogens with zero attached hydrogens (tertiary/aromatic N) is 1. The molecule has 204 valence electrons. The summed E-state index contributed by atoms with van der Waals surface area (Å²) >= 11 is 0. The number of aldehydes is 1. The van der Waals surface area contributed by atoms with Crippen molar-refractivity contribution in [1.29, 1.82) is 0 Å². The third kappa shape index (κ3) is 6.59. The van der Waals surface area contributed by atoms with Crippen LogP contribution in [0, 0.1) is 6.92 Å². The van der Waals surface area contributed by atoms with Crippen LogP contribution in [-0.4, -0.2) is 56.7 Å². The molecule has 8 heteroatoms. The summed E-state index contributed by atoms with van der Waals surface area (Å²) in [6.07, 6.45) is 3.03. The van der Waals surface area contributed by atoms with Crippen LogP contribution in [0.2, 0.25) is 0 Å². The molecule has 2 N–H and O–H groups in total. The number of aryl methyl sites for hydroxylation is 1. The Labute approximate surface area is 227 Å². The molecule has 3 aromatic carbocycles. The molecule has 8 nitrogen and oxygen atoms in total. The predicted molar refractivity (Wildman–Crippen MR) is 153 cm³/mol. The quantitative estimate of drug-likeness (QED) is 0.249. The molecule has 0 spiro atoms. The van der Waals surface area contributed by atoms with Crippen LogP contribution in [0.25, 0.3) is 22.1 Å². The standard InChI is InChI=1S/C17H22N2O3.C14H12O3/c1-11-15(21-13-6-8-19(3)9-7-13)5-4-12-10-14(18-2)17(20)22-16(11)12;1-17-12-4-2-3-11(8-12)13-7-10(9-15)5-6-14(13)16/h4-5,10,13,18H,6-9H2,1-3H3;2-9,16H,1H3. The minimum absolute atomic E-state index is 0.142. The van der Waals surface area contributed by atoms with E-state index >= 15 is 0 Å². The fourth-order valence-corrected chi connectivity index (χ4v) is 4.54. The summed E-state index contributed by atoms with van der Waals surface area (Å²) in [7, 11) is 5.43. The van der Waals surface area contributed by atoms with Crippen molar-refractivity contribution in [3.63, 3.8) is 0 Å². The molecule has 5 rings (SSSR count). The van der Waals surface area contributed by atoms with Crippen LogP contribution in [0.3, 0.4) is 0 Å². The van der Waals surface area contributed by atoms with Crippen molar-refractivity contribution in [2.45, 2.75) is 25.9 Å². The second kappa shape index (κ2) is 12.5. The molecule has 0 bridgehead atoms. The van der Waals surface area contributed by atoms with E-state index in [2.05, 4.69) is 17.3 Å². The number of ether oxygens (including phenoxy) is 2. The van der Waals surface area contributed by atoms with Gasteiger partial charge in [-0.05, 0) is 80.9 Å². The highest BCUT2D eigenvalue weighted by Crippen LogP contribution is 2.32. The molecule has 0 radical (unpaired) electrons. The van der Waals surface area contributed by atoms with E-state index in [1.54, 1.807) is 26.3 Å². The van der Waals surface area contributed by atoms with Gasteiger partial charge < -0.3 is 29.2 Å². The maximum Gasteiger partial charge on any atom is 0.359 e. The Morgan fingerprint density at radius 2 is 1.85 bits per heavy atom. The Morgan fingerprint density at radius 3 is 2.54 bits per heavy atom. The van der Waals surface area contributed by atoms with E-state index in [0.717, 1.165) is 54.5 Å². The normalized spacial score (nSPS) is 13.8. The number of hydrogen-bond donors (Lipinski definition) is 2. The number of phenols is 1. The average Bonchev–Trinajstić information content (AvgIpc) is 2.96. The number of fused-ring (bicyclic) bond motifs is 1. The Bertz CT molecular complexity index is 1510. The Hall–Kier alpha value is -4.30. The largest absolute Gasteiger partial charge is 0.507 e. The maximum absolute atomic E-state index is 11.9. The zero-order valence-corrected chi connectivity index (χ0v) is 22.7. The van der Waals surface area contributed by atoms with Crippen molar-refractivity contribution in [3.8, 4) is 28.4 Å². The number of rotatable bonds is 6. The van der Waals surface area contributed by atoms with Gasteiger partial charge in [0.1, 0.15) is 40.9 Å². The van der Waals surface area contributed by atoms with Crippen LogP contribution in [0.1, 0.15) is 28.8 Å². The molecule has 1 aliphatic heterocycles. The van der Waals surface area contributed by atoms with Gasteiger partial charge in [0.2, 0.25) is 0 Å². The topological polar surface area (TPSA) is 101 Å². The van der Waals surface area contributed by atoms with Gasteiger partial charge in [0.25, 0.3) is 0 Å². The second-order valence-electron chi connectivity index (χ2n) is 9.55. The minimum Gasteiger partial charge on any atom is -0.507 e. The zero-order chi connectivity index (χ0) is 27.9. The van der Waals surface area contributed by atoms with Gasteiger partial charge in [-0.25, -0.2) is 4.79 Å². The number of likely N-dealkylation sites (tertiary alicyclic amines) is 1. The van der Waals surface area contributed by atoms with Gasteiger partial charge in [0.05, 0.1) is 7.11 Å². The number of nitrogens with one attached hydrogen (secondary N) is 1. The molecule has 0 unspecified atom stereocenters. The zero-order valence-electron chi connectivity index (χ0n) is 22.7. The Balaban J connectivity index is 0.000000187. The van der Waals surface area contributed by atoms with Crippen LogP contribution >= 0.6 is 0 Å². The van der Waals surface area contributed by atoms with Gasteiger partial charge in [-0.2, -0.15) is 0 Å². The highest BCUT2D eigenvalue weighted by Gasteiger charge is 2.20. The number of phenolic OH excluding ortho intramolecular Hbond substituents is 1. The number of aromatic hydroxyl groups is 1. The first-order chi connectivity index (χ1) is 18.8. The molecular formula is C31H34N2O6. The molecule has 1 saturated heterocycles. The van der Waals surface area contributed by atoms with Gasteiger partial charge in [0, 0.05) is 42.2 Å². The summed E-state index contributed by atoms with van der Waals surface area (Å²) in [5.41, 5.74) is 3.57. The van der Waals surface area contributed by atoms with Crippen LogP contribution in [0.4, 0.5) is 5.69 Å². The van der Waals surface area contributed by atoms with Gasteiger partial charge in [-0.1, -0.05) is 12.1 Å². The number of benzene rings is 3. The molecule has 1 fully saturated rings. The second-order valence-corrected chi connectivity index (χ2v) is 9.55. The van der Waals surface area contributed by atoms with Crippen molar-refractivity contribution in [2.75, 3.05) is 39.6 Å². The number of anilines is 1. The molecule has 0 aliphatic carbocycles. The van der Waals surface area contributed by atoms with E-state index in [0.29, 0.717) is 28.1 Å². The lowest BCUT2D eigenvalue weighted by molar-refractivity contribution is 0.112. The molecular weight excluding hydrogens is 496 g/mol. The summed E-state index contributed by atoms with van der Waals surface area (Å²) in [5, 5.41) is 13.5.